The van der Waals surface area contributed by atoms with Gasteiger partial charge in [0.05, 0.1) is 5.39 Å². The first kappa shape index (κ1) is 18.2. The van der Waals surface area contributed by atoms with E-state index in [-0.39, 0.29) is 12.5 Å². The van der Waals surface area contributed by atoms with Gasteiger partial charge in [-0.15, -0.1) is 11.3 Å². The lowest BCUT2D eigenvalue weighted by Gasteiger charge is -2.18. The molecule has 7 heteroatoms. The van der Waals surface area contributed by atoms with Gasteiger partial charge in [0.15, 0.2) is 6.61 Å². The molecule has 2 heterocycles. The molecule has 5 nitrogen and oxygen atoms in total. The zero-order valence-corrected chi connectivity index (χ0v) is 16.8. The zero-order chi connectivity index (χ0) is 19.0. The van der Waals surface area contributed by atoms with Gasteiger partial charge in [0.2, 0.25) is 0 Å². The molecule has 0 fully saturated rings. The van der Waals surface area contributed by atoms with Crippen molar-refractivity contribution in [3.05, 3.63) is 45.6 Å². The third kappa shape index (κ3) is 3.77. The number of nitrogens with one attached hydrogen (secondary N) is 1. The summed E-state index contributed by atoms with van der Waals surface area (Å²) in [7, 11) is 0. The number of hydrogen-bond acceptors (Lipinski definition) is 5. The number of fused-ring (bicyclic) bond motifs is 3. The van der Waals surface area contributed by atoms with Crippen molar-refractivity contribution >= 4 is 44.9 Å². The Morgan fingerprint density at radius 1 is 1.41 bits per heavy atom. The SMILES string of the molecule is Cc1cc(Cl)ccc1OCC(=O)Nc1ncnc2sc3c(c12)C[C@H](C)CC3. The van der Waals surface area contributed by atoms with E-state index >= 15 is 0 Å². The first-order chi connectivity index (χ1) is 13.0. The highest BCUT2D eigenvalue weighted by Gasteiger charge is 2.23. The fourth-order valence-electron chi connectivity index (χ4n) is 3.46. The smallest absolute Gasteiger partial charge is 0.263 e. The lowest BCUT2D eigenvalue weighted by molar-refractivity contribution is -0.118. The second-order valence-corrected chi connectivity index (χ2v) is 8.52. The molecule has 140 valence electrons. The number of anilines is 1. The highest BCUT2D eigenvalue weighted by molar-refractivity contribution is 7.19. The summed E-state index contributed by atoms with van der Waals surface area (Å²) in [6.07, 6.45) is 4.78. The third-order valence-electron chi connectivity index (χ3n) is 4.84. The van der Waals surface area contributed by atoms with Crippen LogP contribution in [0.1, 0.15) is 29.3 Å². The third-order valence-corrected chi connectivity index (χ3v) is 6.28. The van der Waals surface area contributed by atoms with Crippen molar-refractivity contribution in [1.82, 2.24) is 9.97 Å². The van der Waals surface area contributed by atoms with Crippen LogP contribution in [0.4, 0.5) is 5.82 Å². The summed E-state index contributed by atoms with van der Waals surface area (Å²) in [6, 6.07) is 5.32. The van der Waals surface area contributed by atoms with E-state index in [1.807, 2.05) is 13.0 Å². The Hall–Kier alpha value is -2.18. The fourth-order valence-corrected chi connectivity index (χ4v) is 4.87. The second-order valence-electron chi connectivity index (χ2n) is 7.00. The van der Waals surface area contributed by atoms with Crippen LogP contribution in [0.5, 0.6) is 5.75 Å². The van der Waals surface area contributed by atoms with Gasteiger partial charge in [-0.2, -0.15) is 0 Å². The number of carbonyl (C=O) groups is 1. The van der Waals surface area contributed by atoms with Crippen molar-refractivity contribution in [2.24, 2.45) is 5.92 Å². The first-order valence-electron chi connectivity index (χ1n) is 8.95. The van der Waals surface area contributed by atoms with E-state index < -0.39 is 0 Å². The molecule has 1 N–H and O–H groups in total. The summed E-state index contributed by atoms with van der Waals surface area (Å²) in [5, 5.41) is 4.53. The topological polar surface area (TPSA) is 64.1 Å². The summed E-state index contributed by atoms with van der Waals surface area (Å²) >= 11 is 7.66. The number of nitrogens with zero attached hydrogens (tertiary/aromatic N) is 2. The minimum atomic E-state index is -0.242. The lowest BCUT2D eigenvalue weighted by atomic mass is 9.88. The van der Waals surface area contributed by atoms with Crippen molar-refractivity contribution in [3.8, 4) is 5.75 Å². The molecule has 27 heavy (non-hydrogen) atoms. The minimum Gasteiger partial charge on any atom is -0.483 e. The number of hydrogen-bond donors (Lipinski definition) is 1. The van der Waals surface area contributed by atoms with Crippen LogP contribution in [-0.4, -0.2) is 22.5 Å². The van der Waals surface area contributed by atoms with Gasteiger partial charge in [-0.3, -0.25) is 4.79 Å². The number of rotatable bonds is 4. The van der Waals surface area contributed by atoms with E-state index in [1.54, 1.807) is 23.5 Å². The van der Waals surface area contributed by atoms with Gasteiger partial charge in [-0.05, 0) is 61.4 Å². The van der Waals surface area contributed by atoms with Crippen molar-refractivity contribution in [2.75, 3.05) is 11.9 Å². The van der Waals surface area contributed by atoms with E-state index in [0.29, 0.717) is 22.5 Å². The zero-order valence-electron chi connectivity index (χ0n) is 15.2. The highest BCUT2D eigenvalue weighted by atomic mass is 35.5. The maximum absolute atomic E-state index is 12.4. The molecule has 0 aliphatic heterocycles. The van der Waals surface area contributed by atoms with Gasteiger partial charge < -0.3 is 10.1 Å². The van der Waals surface area contributed by atoms with Crippen LogP contribution in [0.3, 0.4) is 0 Å². The molecule has 1 amide bonds. The number of aromatic nitrogens is 2. The molecule has 0 saturated heterocycles. The van der Waals surface area contributed by atoms with Gasteiger partial charge >= 0.3 is 0 Å². The van der Waals surface area contributed by atoms with Crippen LogP contribution in [0.2, 0.25) is 5.02 Å². The number of amides is 1. The Labute approximate surface area is 166 Å². The van der Waals surface area contributed by atoms with Crippen LogP contribution in [0.15, 0.2) is 24.5 Å². The van der Waals surface area contributed by atoms with Gasteiger partial charge in [-0.25, -0.2) is 9.97 Å². The molecular formula is C20H20ClN3O2S. The maximum Gasteiger partial charge on any atom is 0.263 e. The van der Waals surface area contributed by atoms with Crippen molar-refractivity contribution in [2.45, 2.75) is 33.1 Å². The fraction of sp³-hybridized carbons (Fsp3) is 0.350. The summed E-state index contributed by atoms with van der Waals surface area (Å²) in [5.41, 5.74) is 2.18. The summed E-state index contributed by atoms with van der Waals surface area (Å²) in [5.74, 6) is 1.61. The van der Waals surface area contributed by atoms with Gasteiger partial charge in [0.25, 0.3) is 5.91 Å². The number of benzene rings is 1. The molecule has 0 spiro atoms. The molecule has 0 radical (unpaired) electrons. The monoisotopic (exact) mass is 401 g/mol. The quantitative estimate of drug-likeness (QED) is 0.682. The van der Waals surface area contributed by atoms with E-state index in [4.69, 9.17) is 16.3 Å². The van der Waals surface area contributed by atoms with Crippen LogP contribution < -0.4 is 10.1 Å². The minimum absolute atomic E-state index is 0.0866. The average molecular weight is 402 g/mol. The van der Waals surface area contributed by atoms with Crippen LogP contribution in [0, 0.1) is 12.8 Å². The molecule has 4 rings (SSSR count). The van der Waals surface area contributed by atoms with E-state index in [1.165, 1.54) is 23.2 Å². The number of halogens is 1. The van der Waals surface area contributed by atoms with Crippen molar-refractivity contribution in [3.63, 3.8) is 0 Å². The Morgan fingerprint density at radius 3 is 3.07 bits per heavy atom. The van der Waals surface area contributed by atoms with E-state index in [2.05, 4.69) is 22.2 Å². The van der Waals surface area contributed by atoms with E-state index in [9.17, 15) is 4.79 Å². The van der Waals surface area contributed by atoms with Crippen molar-refractivity contribution in [1.29, 1.82) is 0 Å². The van der Waals surface area contributed by atoms with Crippen LogP contribution >= 0.6 is 22.9 Å². The largest absolute Gasteiger partial charge is 0.483 e. The lowest BCUT2D eigenvalue weighted by Crippen LogP contribution is -2.21. The Kier molecular flexibility index (Phi) is 5.02. The molecular weight excluding hydrogens is 382 g/mol. The normalized spacial score (nSPS) is 16.2. The Morgan fingerprint density at radius 2 is 2.26 bits per heavy atom. The Balaban J connectivity index is 1.53. The predicted molar refractivity (Wildman–Crippen MR) is 109 cm³/mol. The molecule has 1 aliphatic carbocycles. The number of ether oxygens (including phenoxy) is 1. The molecule has 1 atom stereocenters. The molecule has 1 aromatic carbocycles. The first-order valence-corrected chi connectivity index (χ1v) is 10.1. The summed E-state index contributed by atoms with van der Waals surface area (Å²) < 4.78 is 5.64. The average Bonchev–Trinajstić information content (AvgIpc) is 3.00. The van der Waals surface area contributed by atoms with Gasteiger partial charge in [-0.1, -0.05) is 18.5 Å². The summed E-state index contributed by atoms with van der Waals surface area (Å²) in [6.45, 7) is 4.07. The highest BCUT2D eigenvalue weighted by Crippen LogP contribution is 2.39. The molecule has 2 aromatic heterocycles. The molecule has 0 saturated carbocycles. The standard InChI is InChI=1S/C20H20ClN3O2S/c1-11-3-6-16-14(7-11)18-19(22-10-23-20(18)27-16)24-17(25)9-26-15-5-4-13(21)8-12(15)2/h4-5,8,10-11H,3,6-7,9H2,1-2H3,(H,22,23,24,25)/t11-/m1/s1. The molecule has 0 bridgehead atoms. The molecule has 3 aromatic rings. The van der Waals surface area contributed by atoms with Crippen LogP contribution in [0.25, 0.3) is 10.2 Å². The van der Waals surface area contributed by atoms with Gasteiger partial charge in [0.1, 0.15) is 22.7 Å². The predicted octanol–water partition coefficient (Wildman–Crippen LogP) is 4.80. The molecule has 0 unspecified atom stereocenters. The van der Waals surface area contributed by atoms with E-state index in [0.717, 1.165) is 28.6 Å². The second kappa shape index (κ2) is 7.44. The summed E-state index contributed by atoms with van der Waals surface area (Å²) in [4.78, 5) is 23.5. The Bertz CT molecular complexity index is 1020. The maximum atomic E-state index is 12.4. The number of carbonyl (C=O) groups excluding carboxylic acids is 1. The van der Waals surface area contributed by atoms with Crippen molar-refractivity contribution < 1.29 is 9.53 Å². The molecule has 1 aliphatic rings. The van der Waals surface area contributed by atoms with Gasteiger partial charge in [0, 0.05) is 9.90 Å². The number of thiophene rings is 1. The number of aryl methyl sites for hydroxylation is 2. The van der Waals surface area contributed by atoms with Crippen LogP contribution in [-0.2, 0) is 17.6 Å².